The molecule has 0 aromatic heterocycles. The van der Waals surface area contributed by atoms with Crippen LogP contribution < -0.4 is 0 Å². The first-order chi connectivity index (χ1) is 7.23. The maximum absolute atomic E-state index is 11.0. The zero-order valence-electron chi connectivity index (χ0n) is 11.0. The summed E-state index contributed by atoms with van der Waals surface area (Å²) in [5.74, 6) is 0.187. The predicted molar refractivity (Wildman–Crippen MR) is 66.3 cm³/mol. The molecule has 1 N–H and O–H groups in total. The van der Waals surface area contributed by atoms with Crippen LogP contribution in [0.3, 0.4) is 0 Å². The van der Waals surface area contributed by atoms with E-state index in [4.69, 9.17) is 0 Å². The van der Waals surface area contributed by atoms with Gasteiger partial charge in [-0.15, -0.1) is 0 Å². The first-order valence-corrected chi connectivity index (χ1v) is 6.14. The molecule has 0 radical (unpaired) electrons. The average Bonchev–Trinajstić information content (AvgIpc) is 2.19. The van der Waals surface area contributed by atoms with Crippen LogP contribution >= 0.6 is 0 Å². The van der Waals surface area contributed by atoms with Crippen molar-refractivity contribution in [2.24, 2.45) is 5.41 Å². The summed E-state index contributed by atoms with van der Waals surface area (Å²) in [6.07, 6.45) is 6.22. The lowest BCUT2D eigenvalue weighted by Gasteiger charge is -2.28. The molecule has 0 amide bonds. The molecule has 0 spiro atoms. The number of Topliss-reactive ketones (excluding diaryl/α,β-unsaturated/α-hetero) is 1. The Morgan fingerprint density at radius 3 is 2.56 bits per heavy atom. The summed E-state index contributed by atoms with van der Waals surface area (Å²) in [7, 11) is 0. The van der Waals surface area contributed by atoms with E-state index in [-0.39, 0.29) is 11.2 Å². The van der Waals surface area contributed by atoms with Gasteiger partial charge in [0, 0.05) is 6.42 Å². The molecule has 0 bridgehead atoms. The van der Waals surface area contributed by atoms with Crippen molar-refractivity contribution in [3.63, 3.8) is 0 Å². The van der Waals surface area contributed by atoms with Crippen LogP contribution in [0, 0.1) is 5.41 Å². The molecule has 0 aromatic rings. The van der Waals surface area contributed by atoms with Crippen LogP contribution in [0.25, 0.3) is 0 Å². The maximum Gasteiger partial charge on any atom is 0.133 e. The lowest BCUT2D eigenvalue weighted by atomic mass is 9.78. The topological polar surface area (TPSA) is 37.3 Å². The number of aliphatic hydroxyl groups is 1. The summed E-state index contributed by atoms with van der Waals surface area (Å²) < 4.78 is 0. The van der Waals surface area contributed by atoms with Crippen molar-refractivity contribution in [2.45, 2.75) is 65.4 Å². The van der Waals surface area contributed by atoms with E-state index in [1.165, 1.54) is 5.57 Å². The van der Waals surface area contributed by atoms with Crippen LogP contribution in [-0.4, -0.2) is 16.5 Å². The molecule has 0 aliphatic heterocycles. The number of allylic oxidation sites excluding steroid dienone is 1. The van der Waals surface area contributed by atoms with Crippen molar-refractivity contribution in [2.75, 3.05) is 0 Å². The van der Waals surface area contributed by atoms with Crippen LogP contribution in [0.5, 0.6) is 0 Å². The van der Waals surface area contributed by atoms with E-state index in [9.17, 15) is 9.90 Å². The first-order valence-electron chi connectivity index (χ1n) is 6.14. The number of carbonyl (C=O) groups is 1. The fourth-order valence-electron chi connectivity index (χ4n) is 2.43. The Hall–Kier alpha value is -0.630. The summed E-state index contributed by atoms with van der Waals surface area (Å²) in [6.45, 7) is 7.93. The fourth-order valence-corrected chi connectivity index (χ4v) is 2.43. The highest BCUT2D eigenvalue weighted by molar-refractivity contribution is 5.77. The molecule has 1 saturated carbocycles. The largest absolute Gasteiger partial charge is 0.390 e. The van der Waals surface area contributed by atoms with E-state index < -0.39 is 5.60 Å². The summed E-state index contributed by atoms with van der Waals surface area (Å²) in [5.41, 5.74) is 0.761. The van der Waals surface area contributed by atoms with Crippen LogP contribution in [0.1, 0.15) is 59.8 Å². The van der Waals surface area contributed by atoms with Crippen molar-refractivity contribution >= 4 is 5.78 Å². The van der Waals surface area contributed by atoms with Gasteiger partial charge in [-0.25, -0.2) is 0 Å². The molecule has 2 heteroatoms. The molecule has 1 aliphatic rings. The summed E-state index contributed by atoms with van der Waals surface area (Å²) in [4.78, 5) is 11.0. The maximum atomic E-state index is 11.0. The Labute approximate surface area is 98.7 Å². The highest BCUT2D eigenvalue weighted by atomic mass is 16.3. The third-order valence-electron chi connectivity index (χ3n) is 3.59. The van der Waals surface area contributed by atoms with Gasteiger partial charge in [-0.1, -0.05) is 25.5 Å². The molecule has 16 heavy (non-hydrogen) atoms. The van der Waals surface area contributed by atoms with Crippen LogP contribution in [0.4, 0.5) is 0 Å². The van der Waals surface area contributed by atoms with Crippen molar-refractivity contribution in [3.8, 4) is 0 Å². The molecule has 1 unspecified atom stereocenters. The highest BCUT2D eigenvalue weighted by Crippen LogP contribution is 2.42. The predicted octanol–water partition coefficient (Wildman–Crippen LogP) is 3.24. The summed E-state index contributed by atoms with van der Waals surface area (Å²) in [6, 6.07) is 0. The normalized spacial score (nSPS) is 32.4. The van der Waals surface area contributed by atoms with Gasteiger partial charge in [-0.3, -0.25) is 4.79 Å². The van der Waals surface area contributed by atoms with Crippen LogP contribution in [-0.2, 0) is 4.79 Å². The Balaban J connectivity index is 2.90. The molecule has 1 rings (SSSR count). The molecule has 2 nitrogen and oxygen atoms in total. The quantitative estimate of drug-likeness (QED) is 0.577. The van der Waals surface area contributed by atoms with Crippen LogP contribution in [0.15, 0.2) is 11.6 Å². The van der Waals surface area contributed by atoms with E-state index in [0.717, 1.165) is 19.3 Å². The first kappa shape index (κ1) is 13.4. The van der Waals surface area contributed by atoms with Gasteiger partial charge in [-0.05, 0) is 44.9 Å². The third kappa shape index (κ3) is 3.75. The van der Waals surface area contributed by atoms with E-state index >= 15 is 0 Å². The van der Waals surface area contributed by atoms with Crippen molar-refractivity contribution < 1.29 is 9.90 Å². The fraction of sp³-hybridized carbons (Fsp3) is 0.786. The van der Waals surface area contributed by atoms with Gasteiger partial charge >= 0.3 is 0 Å². The number of carbonyl (C=O) groups excluding carboxylic acids is 1. The van der Waals surface area contributed by atoms with Gasteiger partial charge < -0.3 is 5.11 Å². The minimum Gasteiger partial charge on any atom is -0.390 e. The molecule has 1 aliphatic carbocycles. The molecule has 1 atom stereocenters. The highest BCUT2D eigenvalue weighted by Gasteiger charge is 2.33. The second kappa shape index (κ2) is 4.70. The van der Waals surface area contributed by atoms with E-state index in [1.54, 1.807) is 6.92 Å². The van der Waals surface area contributed by atoms with Gasteiger partial charge in [0.15, 0.2) is 0 Å². The minimum atomic E-state index is -0.601. The molecule has 1 fully saturated rings. The summed E-state index contributed by atoms with van der Waals surface area (Å²) in [5, 5.41) is 10.2. The third-order valence-corrected chi connectivity index (χ3v) is 3.59. The van der Waals surface area contributed by atoms with E-state index in [0.29, 0.717) is 12.8 Å². The zero-order valence-corrected chi connectivity index (χ0v) is 11.0. The van der Waals surface area contributed by atoms with E-state index in [2.05, 4.69) is 13.8 Å². The second-order valence-electron chi connectivity index (χ2n) is 6.05. The molecular formula is C14H24O2. The van der Waals surface area contributed by atoms with Gasteiger partial charge in [0.2, 0.25) is 0 Å². The second-order valence-corrected chi connectivity index (χ2v) is 6.05. The Bertz CT molecular complexity index is 298. The van der Waals surface area contributed by atoms with E-state index in [1.807, 2.05) is 13.0 Å². The number of hydrogen-bond acceptors (Lipinski definition) is 2. The molecular weight excluding hydrogens is 200 g/mol. The van der Waals surface area contributed by atoms with Gasteiger partial charge in [0.1, 0.15) is 5.78 Å². The summed E-state index contributed by atoms with van der Waals surface area (Å²) >= 11 is 0. The van der Waals surface area contributed by atoms with Crippen LogP contribution in [0.2, 0.25) is 0 Å². The Morgan fingerprint density at radius 1 is 1.38 bits per heavy atom. The van der Waals surface area contributed by atoms with Crippen molar-refractivity contribution in [1.29, 1.82) is 0 Å². The number of rotatable bonds is 2. The standard InChI is InChI=1S/C14H24O2/c1-11(15)6-7-12-10-14(4,16)9-5-8-13(12,2)3/h7,16H,5-6,8-10H2,1-4H3/b12-7+. The molecule has 92 valence electrons. The molecule has 0 saturated heterocycles. The lowest BCUT2D eigenvalue weighted by Crippen LogP contribution is -2.25. The van der Waals surface area contributed by atoms with Crippen molar-refractivity contribution in [1.82, 2.24) is 0 Å². The van der Waals surface area contributed by atoms with Gasteiger partial charge in [0.25, 0.3) is 0 Å². The minimum absolute atomic E-state index is 0.121. The SMILES string of the molecule is CC(=O)C/C=C1\CC(C)(O)CCCC1(C)C. The Kier molecular flexibility index (Phi) is 3.95. The van der Waals surface area contributed by atoms with Crippen molar-refractivity contribution in [3.05, 3.63) is 11.6 Å². The number of hydrogen-bond donors (Lipinski definition) is 1. The Morgan fingerprint density at radius 2 is 2.00 bits per heavy atom. The zero-order chi connectivity index (χ0) is 12.4. The molecule has 0 aromatic carbocycles. The number of ketones is 1. The van der Waals surface area contributed by atoms with Gasteiger partial charge in [0.05, 0.1) is 5.60 Å². The average molecular weight is 224 g/mol. The monoisotopic (exact) mass is 224 g/mol. The molecule has 0 heterocycles. The smallest absolute Gasteiger partial charge is 0.133 e. The lowest BCUT2D eigenvalue weighted by molar-refractivity contribution is -0.116. The van der Waals surface area contributed by atoms with Gasteiger partial charge in [-0.2, -0.15) is 0 Å².